The van der Waals surface area contributed by atoms with Gasteiger partial charge in [0.25, 0.3) is 0 Å². The van der Waals surface area contributed by atoms with Crippen LogP contribution in [0.3, 0.4) is 0 Å². The number of thioether (sulfide) groups is 1. The Labute approximate surface area is 101 Å². The van der Waals surface area contributed by atoms with Gasteiger partial charge in [-0.25, -0.2) is 11.6 Å². The predicted octanol–water partition coefficient (Wildman–Crippen LogP) is 3.60. The molecule has 0 aromatic heterocycles. The molecular weight excluding hydrogens is 212 g/mol. The molecule has 0 aromatic carbocycles. The molecule has 72 valence electrons. The number of rotatable bonds is 5. The van der Waals surface area contributed by atoms with E-state index in [1.165, 1.54) is 24.2 Å². The molecule has 0 saturated carbocycles. The van der Waals surface area contributed by atoms with Crippen LogP contribution in [0.1, 0.15) is 33.1 Å². The van der Waals surface area contributed by atoms with E-state index in [2.05, 4.69) is 43.8 Å². The van der Waals surface area contributed by atoms with Crippen molar-refractivity contribution in [2.75, 3.05) is 5.75 Å². The van der Waals surface area contributed by atoms with Crippen molar-refractivity contribution in [2.45, 2.75) is 38.4 Å². The molecule has 1 unspecified atom stereocenters. The summed E-state index contributed by atoms with van der Waals surface area (Å²) in [6.45, 7) is 4.50. The average molecular weight is 229 g/mol. The van der Waals surface area contributed by atoms with Crippen LogP contribution < -0.4 is 0 Å². The summed E-state index contributed by atoms with van der Waals surface area (Å²) in [6.07, 6.45) is 11.4. The molecule has 0 spiro atoms. The van der Waals surface area contributed by atoms with Crippen molar-refractivity contribution in [3.8, 4) is 0 Å². The predicted molar refractivity (Wildman–Crippen MR) is 57.3 cm³/mol. The van der Waals surface area contributed by atoms with E-state index in [-0.39, 0.29) is 21.7 Å². The Morgan fingerprint density at radius 2 is 2.31 bits per heavy atom. The van der Waals surface area contributed by atoms with Crippen molar-refractivity contribution >= 4 is 11.8 Å². The molecule has 2 heteroatoms. The fourth-order valence-corrected chi connectivity index (χ4v) is 2.43. The van der Waals surface area contributed by atoms with Crippen LogP contribution in [0.4, 0.5) is 0 Å². The SMILES string of the molecule is CCCSC(CC)C1=[C-]CC=C1.[Ti]. The first kappa shape index (κ1) is 13.5. The van der Waals surface area contributed by atoms with Crippen LogP contribution in [0, 0.1) is 6.08 Å². The summed E-state index contributed by atoms with van der Waals surface area (Å²) in [5.41, 5.74) is 1.43. The van der Waals surface area contributed by atoms with Crippen LogP contribution >= 0.6 is 11.8 Å². The van der Waals surface area contributed by atoms with Crippen LogP contribution in [0.15, 0.2) is 17.7 Å². The quantitative estimate of drug-likeness (QED) is 0.512. The van der Waals surface area contributed by atoms with E-state index >= 15 is 0 Å². The first-order valence-corrected chi connectivity index (χ1v) is 5.82. The second-order valence-electron chi connectivity index (χ2n) is 3.01. The maximum Gasteiger partial charge on any atom is 0 e. The molecule has 0 amide bonds. The van der Waals surface area contributed by atoms with Crippen LogP contribution in [-0.2, 0) is 21.7 Å². The van der Waals surface area contributed by atoms with E-state index < -0.39 is 0 Å². The smallest absolute Gasteiger partial charge is 0 e. The minimum absolute atomic E-state index is 0. The van der Waals surface area contributed by atoms with Gasteiger partial charge >= 0.3 is 0 Å². The molecule has 1 rings (SSSR count). The van der Waals surface area contributed by atoms with E-state index in [4.69, 9.17) is 0 Å². The van der Waals surface area contributed by atoms with Crippen molar-refractivity contribution in [1.29, 1.82) is 0 Å². The van der Waals surface area contributed by atoms with Crippen LogP contribution in [0.2, 0.25) is 0 Å². The summed E-state index contributed by atoms with van der Waals surface area (Å²) in [5, 5.41) is 0.698. The topological polar surface area (TPSA) is 0 Å². The molecule has 0 aliphatic heterocycles. The van der Waals surface area contributed by atoms with E-state index in [0.717, 1.165) is 6.42 Å². The third-order valence-electron chi connectivity index (χ3n) is 1.96. The Hall–Kier alpha value is 0.544. The van der Waals surface area contributed by atoms with Gasteiger partial charge in [0, 0.05) is 21.7 Å². The van der Waals surface area contributed by atoms with E-state index in [1.807, 2.05) is 0 Å². The molecule has 1 atom stereocenters. The fourth-order valence-electron chi connectivity index (χ4n) is 1.33. The number of hydrogen-bond acceptors (Lipinski definition) is 1. The minimum atomic E-state index is 0. The van der Waals surface area contributed by atoms with E-state index in [1.54, 1.807) is 0 Å². The minimum Gasteiger partial charge on any atom is -0.268 e. The van der Waals surface area contributed by atoms with Gasteiger partial charge in [0.15, 0.2) is 0 Å². The summed E-state index contributed by atoms with van der Waals surface area (Å²) >= 11 is 2.07. The second-order valence-corrected chi connectivity index (χ2v) is 4.32. The standard InChI is InChI=1S/C11H17S.Ti/c1-3-9-12-11(4-2)10-7-5-6-8-10;/h5,7,11H,3-4,6,9H2,1-2H3;/q-1;. The molecule has 0 aromatic rings. The molecule has 0 fully saturated rings. The van der Waals surface area contributed by atoms with Crippen molar-refractivity contribution in [1.82, 2.24) is 0 Å². The second kappa shape index (κ2) is 7.90. The van der Waals surface area contributed by atoms with Crippen molar-refractivity contribution in [2.24, 2.45) is 0 Å². The number of allylic oxidation sites excluding steroid dienone is 3. The zero-order valence-corrected chi connectivity index (χ0v) is 10.8. The largest absolute Gasteiger partial charge is 0.268 e. The zero-order chi connectivity index (χ0) is 8.81. The van der Waals surface area contributed by atoms with Crippen LogP contribution in [0.25, 0.3) is 0 Å². The maximum atomic E-state index is 3.40. The molecule has 0 nitrogen and oxygen atoms in total. The summed E-state index contributed by atoms with van der Waals surface area (Å²) in [4.78, 5) is 0. The van der Waals surface area contributed by atoms with Crippen molar-refractivity contribution in [3.05, 3.63) is 23.8 Å². The van der Waals surface area contributed by atoms with Gasteiger partial charge in [-0.1, -0.05) is 13.8 Å². The normalized spacial score (nSPS) is 16.6. The summed E-state index contributed by atoms with van der Waals surface area (Å²) < 4.78 is 0. The Bertz CT molecular complexity index is 185. The zero-order valence-electron chi connectivity index (χ0n) is 8.47. The van der Waals surface area contributed by atoms with Gasteiger partial charge in [-0.3, -0.25) is 6.08 Å². The molecule has 0 saturated heterocycles. The Morgan fingerprint density at radius 3 is 2.77 bits per heavy atom. The molecule has 0 radical (unpaired) electrons. The maximum absolute atomic E-state index is 3.40. The van der Waals surface area contributed by atoms with Gasteiger partial charge in [-0.2, -0.15) is 17.8 Å². The van der Waals surface area contributed by atoms with Gasteiger partial charge in [0.05, 0.1) is 0 Å². The molecule has 0 N–H and O–H groups in total. The average Bonchev–Trinajstić information content (AvgIpc) is 2.59. The van der Waals surface area contributed by atoms with Crippen LogP contribution in [0.5, 0.6) is 0 Å². The Kier molecular flexibility index (Phi) is 8.23. The van der Waals surface area contributed by atoms with E-state index in [9.17, 15) is 0 Å². The first-order chi connectivity index (χ1) is 5.88. The summed E-state index contributed by atoms with van der Waals surface area (Å²) in [5.74, 6) is 1.28. The van der Waals surface area contributed by atoms with Gasteiger partial charge < -0.3 is 0 Å². The fraction of sp³-hybridized carbons (Fsp3) is 0.636. The summed E-state index contributed by atoms with van der Waals surface area (Å²) in [7, 11) is 0. The van der Waals surface area contributed by atoms with Crippen molar-refractivity contribution < 1.29 is 21.7 Å². The van der Waals surface area contributed by atoms with Gasteiger partial charge in [0.1, 0.15) is 0 Å². The Morgan fingerprint density at radius 1 is 1.54 bits per heavy atom. The summed E-state index contributed by atoms with van der Waals surface area (Å²) in [6, 6.07) is 0. The monoisotopic (exact) mass is 229 g/mol. The molecule has 1 aliphatic rings. The third-order valence-corrected chi connectivity index (χ3v) is 3.60. The number of hydrogen-bond donors (Lipinski definition) is 0. The first-order valence-electron chi connectivity index (χ1n) is 4.77. The van der Waals surface area contributed by atoms with Crippen molar-refractivity contribution in [3.63, 3.8) is 0 Å². The molecular formula is C11H17STi-. The molecule has 0 bridgehead atoms. The Balaban J connectivity index is 0.00000144. The molecule has 13 heavy (non-hydrogen) atoms. The van der Waals surface area contributed by atoms with Gasteiger partial charge in [-0.05, 0) is 23.8 Å². The third kappa shape index (κ3) is 4.53. The molecule has 1 aliphatic carbocycles. The molecule has 0 heterocycles. The van der Waals surface area contributed by atoms with Gasteiger partial charge in [-0.15, -0.1) is 6.42 Å². The van der Waals surface area contributed by atoms with Gasteiger partial charge in [0.2, 0.25) is 0 Å². The van der Waals surface area contributed by atoms with Crippen LogP contribution in [-0.4, -0.2) is 11.0 Å². The van der Waals surface area contributed by atoms with E-state index in [0.29, 0.717) is 5.25 Å².